The molecule has 74 valence electrons. The number of nitrogens with zero attached hydrogens (tertiary/aromatic N) is 1. The molecule has 2 nitrogen and oxygen atoms in total. The third-order valence-electron chi connectivity index (χ3n) is 1.85. The Bertz CT molecular complexity index is 467. The molecule has 14 heavy (non-hydrogen) atoms. The smallest absolute Gasteiger partial charge is 0.178 e. The van der Waals surface area contributed by atoms with Crippen LogP contribution in [0, 0.1) is 11.6 Å². The molecule has 0 aliphatic rings. The van der Waals surface area contributed by atoms with Gasteiger partial charge in [0, 0.05) is 6.42 Å². The van der Waals surface area contributed by atoms with Crippen LogP contribution >= 0.6 is 11.3 Å². The summed E-state index contributed by atoms with van der Waals surface area (Å²) < 4.78 is 26.3. The highest BCUT2D eigenvalue weighted by Crippen LogP contribution is 2.26. The fourth-order valence-electron chi connectivity index (χ4n) is 1.21. The number of thiazole rings is 1. The van der Waals surface area contributed by atoms with Crippen molar-refractivity contribution < 1.29 is 8.78 Å². The first-order valence-corrected chi connectivity index (χ1v) is 4.97. The number of rotatable bonds is 2. The van der Waals surface area contributed by atoms with Gasteiger partial charge in [0.1, 0.15) is 0 Å². The number of benzene rings is 1. The van der Waals surface area contributed by atoms with Gasteiger partial charge in [-0.05, 0) is 18.7 Å². The molecule has 0 atom stereocenters. The standard InChI is InChI=1S/C9H8F2N2S/c10-5-1-2-6-9(8(5)11)14-7(13-6)3-4-12/h1-2H,3-4,12H2. The zero-order chi connectivity index (χ0) is 10.1. The summed E-state index contributed by atoms with van der Waals surface area (Å²) in [6, 6.07) is 2.56. The van der Waals surface area contributed by atoms with E-state index in [0.29, 0.717) is 18.5 Å². The topological polar surface area (TPSA) is 38.9 Å². The van der Waals surface area contributed by atoms with Gasteiger partial charge in [-0.1, -0.05) is 0 Å². The number of fused-ring (bicyclic) bond motifs is 1. The number of hydrogen-bond donors (Lipinski definition) is 1. The van der Waals surface area contributed by atoms with Crippen LogP contribution in [0.2, 0.25) is 0 Å². The highest BCUT2D eigenvalue weighted by atomic mass is 32.1. The third kappa shape index (κ3) is 1.49. The van der Waals surface area contributed by atoms with Crippen molar-refractivity contribution in [1.82, 2.24) is 4.98 Å². The zero-order valence-corrected chi connectivity index (χ0v) is 8.07. The maximum absolute atomic E-state index is 13.2. The predicted octanol–water partition coefficient (Wildman–Crippen LogP) is 2.08. The average Bonchev–Trinajstić information content (AvgIpc) is 2.56. The van der Waals surface area contributed by atoms with Crippen LogP contribution in [0.15, 0.2) is 12.1 Å². The van der Waals surface area contributed by atoms with E-state index in [1.54, 1.807) is 0 Å². The molecular weight excluding hydrogens is 206 g/mol. The summed E-state index contributed by atoms with van der Waals surface area (Å²) in [4.78, 5) is 4.14. The van der Waals surface area contributed by atoms with Crippen molar-refractivity contribution in [2.24, 2.45) is 5.73 Å². The first kappa shape index (κ1) is 9.48. The molecule has 0 aliphatic carbocycles. The fourth-order valence-corrected chi connectivity index (χ4v) is 2.22. The van der Waals surface area contributed by atoms with Gasteiger partial charge in [0.2, 0.25) is 0 Å². The van der Waals surface area contributed by atoms with Gasteiger partial charge in [-0.2, -0.15) is 0 Å². The monoisotopic (exact) mass is 214 g/mol. The summed E-state index contributed by atoms with van der Waals surface area (Å²) in [6.07, 6.45) is 0.598. The molecule has 0 unspecified atom stereocenters. The first-order chi connectivity index (χ1) is 6.72. The van der Waals surface area contributed by atoms with Crippen molar-refractivity contribution in [2.45, 2.75) is 6.42 Å². The Morgan fingerprint density at radius 2 is 2.14 bits per heavy atom. The lowest BCUT2D eigenvalue weighted by molar-refractivity contribution is 0.518. The minimum atomic E-state index is -0.833. The normalized spacial score (nSPS) is 11.1. The van der Waals surface area contributed by atoms with Gasteiger partial charge < -0.3 is 5.73 Å². The van der Waals surface area contributed by atoms with Crippen LogP contribution in [0.5, 0.6) is 0 Å². The molecule has 0 radical (unpaired) electrons. The SMILES string of the molecule is NCCc1nc2ccc(F)c(F)c2s1. The maximum atomic E-state index is 13.2. The summed E-state index contributed by atoms with van der Waals surface area (Å²) in [5.41, 5.74) is 5.85. The molecule has 0 spiro atoms. The van der Waals surface area contributed by atoms with E-state index < -0.39 is 11.6 Å². The van der Waals surface area contributed by atoms with E-state index in [2.05, 4.69) is 4.98 Å². The van der Waals surface area contributed by atoms with Crippen molar-refractivity contribution in [2.75, 3.05) is 6.54 Å². The Balaban J connectivity index is 2.59. The van der Waals surface area contributed by atoms with E-state index in [1.807, 2.05) is 0 Å². The molecule has 1 aromatic carbocycles. The molecule has 2 N–H and O–H groups in total. The molecule has 1 heterocycles. The van der Waals surface area contributed by atoms with Crippen molar-refractivity contribution in [3.8, 4) is 0 Å². The second-order valence-corrected chi connectivity index (χ2v) is 3.94. The van der Waals surface area contributed by atoms with Crippen LogP contribution in [-0.4, -0.2) is 11.5 Å². The number of nitrogens with two attached hydrogens (primary N) is 1. The zero-order valence-electron chi connectivity index (χ0n) is 7.26. The van der Waals surface area contributed by atoms with E-state index in [9.17, 15) is 8.78 Å². The number of hydrogen-bond acceptors (Lipinski definition) is 3. The van der Waals surface area contributed by atoms with Crippen molar-refractivity contribution in [3.63, 3.8) is 0 Å². The van der Waals surface area contributed by atoms with Gasteiger partial charge in [-0.15, -0.1) is 11.3 Å². The lowest BCUT2D eigenvalue weighted by Crippen LogP contribution is -2.01. The van der Waals surface area contributed by atoms with Crippen LogP contribution in [0.1, 0.15) is 5.01 Å². The Morgan fingerprint density at radius 1 is 1.36 bits per heavy atom. The highest BCUT2D eigenvalue weighted by molar-refractivity contribution is 7.18. The molecule has 0 fully saturated rings. The average molecular weight is 214 g/mol. The van der Waals surface area contributed by atoms with E-state index in [-0.39, 0.29) is 4.70 Å². The summed E-state index contributed by atoms with van der Waals surface area (Å²) in [5.74, 6) is -1.65. The van der Waals surface area contributed by atoms with Gasteiger partial charge >= 0.3 is 0 Å². The van der Waals surface area contributed by atoms with Crippen LogP contribution in [0.25, 0.3) is 10.2 Å². The largest absolute Gasteiger partial charge is 0.330 e. The molecule has 0 saturated carbocycles. The summed E-state index contributed by atoms with van der Waals surface area (Å²) in [5, 5.41) is 0.743. The Hall–Kier alpha value is -1.07. The fraction of sp³-hybridized carbons (Fsp3) is 0.222. The van der Waals surface area contributed by atoms with Crippen LogP contribution in [0.3, 0.4) is 0 Å². The molecular formula is C9H8F2N2S. The second kappa shape index (κ2) is 3.59. The lowest BCUT2D eigenvalue weighted by atomic mass is 10.3. The quantitative estimate of drug-likeness (QED) is 0.831. The summed E-state index contributed by atoms with van der Waals surface area (Å²) in [6.45, 7) is 0.462. The molecule has 0 bridgehead atoms. The molecule has 5 heteroatoms. The molecule has 2 rings (SSSR count). The van der Waals surface area contributed by atoms with E-state index in [0.717, 1.165) is 22.4 Å². The Morgan fingerprint density at radius 3 is 2.86 bits per heavy atom. The van der Waals surface area contributed by atoms with Crippen LogP contribution in [-0.2, 0) is 6.42 Å². The maximum Gasteiger partial charge on any atom is 0.178 e. The summed E-state index contributed by atoms with van der Waals surface area (Å²) >= 11 is 1.16. The molecule has 2 aromatic rings. The predicted molar refractivity (Wildman–Crippen MR) is 52.3 cm³/mol. The van der Waals surface area contributed by atoms with Gasteiger partial charge in [-0.3, -0.25) is 0 Å². The van der Waals surface area contributed by atoms with Crippen molar-refractivity contribution in [1.29, 1.82) is 0 Å². The number of halogens is 2. The van der Waals surface area contributed by atoms with Gasteiger partial charge in [0.05, 0.1) is 15.2 Å². The van der Waals surface area contributed by atoms with Gasteiger partial charge in [0.25, 0.3) is 0 Å². The Labute approximate surface area is 83.4 Å². The second-order valence-electron chi connectivity index (χ2n) is 2.86. The number of aromatic nitrogens is 1. The third-order valence-corrected chi connectivity index (χ3v) is 2.98. The van der Waals surface area contributed by atoms with E-state index in [1.165, 1.54) is 6.07 Å². The van der Waals surface area contributed by atoms with Crippen molar-refractivity contribution >= 4 is 21.6 Å². The lowest BCUT2D eigenvalue weighted by Gasteiger charge is -1.90. The van der Waals surface area contributed by atoms with Gasteiger partial charge in [-0.25, -0.2) is 13.8 Å². The molecule has 0 aliphatic heterocycles. The molecule has 0 saturated heterocycles. The minimum absolute atomic E-state index is 0.272. The molecule has 1 aromatic heterocycles. The highest BCUT2D eigenvalue weighted by Gasteiger charge is 2.11. The van der Waals surface area contributed by atoms with Crippen LogP contribution < -0.4 is 5.73 Å². The Kier molecular flexibility index (Phi) is 2.43. The summed E-state index contributed by atoms with van der Waals surface area (Å²) in [7, 11) is 0. The van der Waals surface area contributed by atoms with Gasteiger partial charge in [0.15, 0.2) is 11.6 Å². The van der Waals surface area contributed by atoms with E-state index >= 15 is 0 Å². The molecule has 0 amide bonds. The minimum Gasteiger partial charge on any atom is -0.330 e. The van der Waals surface area contributed by atoms with Crippen molar-refractivity contribution in [3.05, 3.63) is 28.8 Å². The first-order valence-electron chi connectivity index (χ1n) is 4.16. The van der Waals surface area contributed by atoms with E-state index in [4.69, 9.17) is 5.73 Å². The van der Waals surface area contributed by atoms with Crippen LogP contribution in [0.4, 0.5) is 8.78 Å².